The van der Waals surface area contributed by atoms with Crippen LogP contribution in [0.5, 0.6) is 40.2 Å². The van der Waals surface area contributed by atoms with Gasteiger partial charge in [-0.2, -0.15) is 0 Å². The van der Waals surface area contributed by atoms with Gasteiger partial charge < -0.3 is 35.7 Å². The highest BCUT2D eigenvalue weighted by molar-refractivity contribution is 5.63. The van der Waals surface area contributed by atoms with Gasteiger partial charge in [0.15, 0.2) is 23.0 Å². The predicted molar refractivity (Wildman–Crippen MR) is 113 cm³/mol. The van der Waals surface area contributed by atoms with Crippen molar-refractivity contribution in [3.63, 3.8) is 0 Å². The molecule has 0 saturated heterocycles. The van der Waals surface area contributed by atoms with E-state index in [4.69, 9.17) is 0 Å². The Morgan fingerprint density at radius 1 is 0.548 bits per heavy atom. The van der Waals surface area contributed by atoms with E-state index in [0.717, 1.165) is 5.56 Å². The molecule has 7 nitrogen and oxygen atoms in total. The van der Waals surface area contributed by atoms with Crippen LogP contribution in [0, 0.1) is 0 Å². The van der Waals surface area contributed by atoms with Gasteiger partial charge in [-0.25, -0.2) is 0 Å². The number of phenols is 7. The van der Waals surface area contributed by atoms with Gasteiger partial charge in [0.1, 0.15) is 5.75 Å². The van der Waals surface area contributed by atoms with Gasteiger partial charge in [-0.05, 0) is 61.4 Å². The molecule has 3 aromatic carbocycles. The number of hydrogen-bond acceptors (Lipinski definition) is 7. The molecule has 0 bridgehead atoms. The third kappa shape index (κ3) is 3.32. The normalized spacial score (nSPS) is 16.3. The Kier molecular flexibility index (Phi) is 4.97. The summed E-state index contributed by atoms with van der Waals surface area (Å²) >= 11 is 0. The van der Waals surface area contributed by atoms with Crippen LogP contribution >= 0.6 is 0 Å². The molecule has 3 aromatic rings. The van der Waals surface area contributed by atoms with Crippen molar-refractivity contribution in [2.24, 2.45) is 0 Å². The van der Waals surface area contributed by atoms with Gasteiger partial charge >= 0.3 is 0 Å². The van der Waals surface area contributed by atoms with E-state index in [1.54, 1.807) is 12.1 Å². The van der Waals surface area contributed by atoms with Gasteiger partial charge in [0.2, 0.25) is 11.5 Å². The number of hydrogen-bond donors (Lipinski definition) is 7. The maximum atomic E-state index is 10.7. The molecule has 7 heteroatoms. The first-order valence-corrected chi connectivity index (χ1v) is 10.0. The van der Waals surface area contributed by atoms with Gasteiger partial charge in [0.25, 0.3) is 0 Å². The lowest BCUT2D eigenvalue weighted by Crippen LogP contribution is -2.33. The van der Waals surface area contributed by atoms with Crippen LogP contribution in [0.4, 0.5) is 0 Å². The maximum absolute atomic E-state index is 10.7. The first-order valence-electron chi connectivity index (χ1n) is 10.0. The predicted octanol–water partition coefficient (Wildman–Crippen LogP) is 4.27. The monoisotopic (exact) mass is 424 g/mol. The van der Waals surface area contributed by atoms with Crippen LogP contribution in [0.25, 0.3) is 0 Å². The second-order valence-corrected chi connectivity index (χ2v) is 8.11. The van der Waals surface area contributed by atoms with E-state index in [1.165, 1.54) is 24.3 Å². The number of phenolic OH excluding ortho intramolecular Hbond substituents is 7. The van der Waals surface area contributed by atoms with Crippen molar-refractivity contribution in [3.8, 4) is 40.2 Å². The topological polar surface area (TPSA) is 142 Å². The van der Waals surface area contributed by atoms with Crippen LogP contribution in [0.3, 0.4) is 0 Å². The quantitative estimate of drug-likeness (QED) is 0.311. The van der Waals surface area contributed by atoms with Crippen LogP contribution in [-0.4, -0.2) is 35.7 Å². The van der Waals surface area contributed by atoms with Crippen LogP contribution in [0.2, 0.25) is 0 Å². The number of benzene rings is 3. The average Bonchev–Trinajstić information content (AvgIpc) is 2.77. The lowest BCUT2D eigenvalue weighted by atomic mass is 9.61. The maximum Gasteiger partial charge on any atom is 0.200 e. The molecule has 0 spiro atoms. The van der Waals surface area contributed by atoms with Crippen molar-refractivity contribution in [2.45, 2.75) is 37.0 Å². The summed E-state index contributed by atoms with van der Waals surface area (Å²) in [7, 11) is 0. The molecule has 1 aliphatic carbocycles. The molecule has 1 aliphatic rings. The molecular formula is C24H24O7. The molecule has 0 unspecified atom stereocenters. The molecule has 0 aliphatic heterocycles. The lowest BCUT2D eigenvalue weighted by Gasteiger charge is -2.42. The largest absolute Gasteiger partial charge is 0.508 e. The Hall–Kier alpha value is -3.74. The van der Waals surface area contributed by atoms with Gasteiger partial charge in [-0.3, -0.25) is 0 Å². The molecule has 162 valence electrons. The fraction of sp³-hybridized carbons (Fsp3) is 0.250. The minimum absolute atomic E-state index is 0.175. The van der Waals surface area contributed by atoms with E-state index < -0.39 is 39.9 Å². The Morgan fingerprint density at radius 2 is 1.00 bits per heavy atom. The number of aromatic hydroxyl groups is 7. The van der Waals surface area contributed by atoms with E-state index >= 15 is 0 Å². The average molecular weight is 424 g/mol. The van der Waals surface area contributed by atoms with Crippen molar-refractivity contribution in [1.82, 2.24) is 0 Å². The minimum Gasteiger partial charge on any atom is -0.508 e. The summed E-state index contributed by atoms with van der Waals surface area (Å²) in [5.41, 5.74) is 0.708. The summed E-state index contributed by atoms with van der Waals surface area (Å²) in [6, 6.07) is 12.5. The molecular weight excluding hydrogens is 400 g/mol. The highest BCUT2D eigenvalue weighted by Gasteiger charge is 2.43. The van der Waals surface area contributed by atoms with Gasteiger partial charge in [0, 0.05) is 16.5 Å². The molecule has 0 heterocycles. The molecule has 1 saturated carbocycles. The second-order valence-electron chi connectivity index (χ2n) is 8.11. The Balaban J connectivity index is 1.82. The smallest absolute Gasteiger partial charge is 0.200 e. The summed E-state index contributed by atoms with van der Waals surface area (Å²) in [6.07, 6.45) is 2.22. The molecule has 0 atom stereocenters. The minimum atomic E-state index is -0.974. The summed E-state index contributed by atoms with van der Waals surface area (Å²) in [4.78, 5) is 0. The van der Waals surface area contributed by atoms with Crippen molar-refractivity contribution >= 4 is 0 Å². The summed E-state index contributed by atoms with van der Waals surface area (Å²) in [6.45, 7) is 0. The second kappa shape index (κ2) is 7.50. The van der Waals surface area contributed by atoms with Gasteiger partial charge in [0.05, 0.1) is 0 Å². The SMILES string of the molecule is Oc1ccc(C2CCC(c3ccc(O)c(O)c3O)(c3ccc(O)c(O)c3O)CC2)cc1. The molecule has 0 aromatic heterocycles. The van der Waals surface area contributed by atoms with E-state index in [1.807, 2.05) is 12.1 Å². The van der Waals surface area contributed by atoms with Crippen LogP contribution in [-0.2, 0) is 5.41 Å². The molecule has 4 rings (SSSR count). The molecule has 0 amide bonds. The fourth-order valence-electron chi connectivity index (χ4n) is 4.78. The first-order chi connectivity index (χ1) is 14.7. The fourth-order valence-corrected chi connectivity index (χ4v) is 4.78. The van der Waals surface area contributed by atoms with Gasteiger partial charge in [-0.15, -0.1) is 0 Å². The Labute approximate surface area is 178 Å². The Bertz CT molecular complexity index is 1050. The number of rotatable bonds is 3. The van der Waals surface area contributed by atoms with E-state index in [2.05, 4.69) is 0 Å². The Morgan fingerprint density at radius 3 is 1.45 bits per heavy atom. The standard InChI is InChI=1S/C24H24O7/c25-15-3-1-13(2-4-15)14-9-11-24(12-10-14,16-5-7-18(26)22(30)20(16)28)17-6-8-19(27)23(31)21(17)29/h1-8,14,25-31H,9-12H2. The summed E-state index contributed by atoms with van der Waals surface area (Å²) in [5, 5.41) is 70.7. The summed E-state index contributed by atoms with van der Waals surface area (Å²) in [5.74, 6) is -2.86. The van der Waals surface area contributed by atoms with E-state index in [9.17, 15) is 35.7 Å². The molecule has 1 fully saturated rings. The van der Waals surface area contributed by atoms with Crippen LogP contribution < -0.4 is 0 Å². The molecule has 0 radical (unpaired) electrons. The van der Waals surface area contributed by atoms with Crippen molar-refractivity contribution < 1.29 is 35.7 Å². The van der Waals surface area contributed by atoms with Crippen LogP contribution in [0.15, 0.2) is 48.5 Å². The molecule has 7 N–H and O–H groups in total. The third-order valence-electron chi connectivity index (χ3n) is 6.49. The zero-order valence-electron chi connectivity index (χ0n) is 16.7. The lowest BCUT2D eigenvalue weighted by molar-refractivity contribution is 0.286. The summed E-state index contributed by atoms with van der Waals surface area (Å²) < 4.78 is 0. The highest BCUT2D eigenvalue weighted by Crippen LogP contribution is 2.57. The third-order valence-corrected chi connectivity index (χ3v) is 6.49. The van der Waals surface area contributed by atoms with E-state index in [-0.39, 0.29) is 11.7 Å². The van der Waals surface area contributed by atoms with Gasteiger partial charge in [-0.1, -0.05) is 24.3 Å². The zero-order valence-corrected chi connectivity index (χ0v) is 16.7. The van der Waals surface area contributed by atoms with Crippen molar-refractivity contribution in [2.75, 3.05) is 0 Å². The van der Waals surface area contributed by atoms with Crippen molar-refractivity contribution in [1.29, 1.82) is 0 Å². The molecule has 31 heavy (non-hydrogen) atoms. The highest BCUT2D eigenvalue weighted by atomic mass is 16.3. The zero-order chi connectivity index (χ0) is 22.3. The van der Waals surface area contributed by atoms with Crippen LogP contribution in [0.1, 0.15) is 48.3 Å². The first kappa shape index (κ1) is 20.5. The van der Waals surface area contributed by atoms with Crippen molar-refractivity contribution in [3.05, 3.63) is 65.2 Å². The van der Waals surface area contributed by atoms with E-state index in [0.29, 0.717) is 36.8 Å².